The van der Waals surface area contributed by atoms with Gasteiger partial charge in [-0.2, -0.15) is 0 Å². The predicted octanol–water partition coefficient (Wildman–Crippen LogP) is -6.05. The summed E-state index contributed by atoms with van der Waals surface area (Å²) in [5, 5.41) is 91.3. The lowest BCUT2D eigenvalue weighted by Crippen LogP contribution is -2.68. The van der Waals surface area contributed by atoms with Crippen LogP contribution in [0, 0.1) is 0 Å². The van der Waals surface area contributed by atoms with Gasteiger partial charge in [0.2, 0.25) is 5.91 Å². The number of hydrogen-bond acceptors (Lipinski definition) is 13. The van der Waals surface area contributed by atoms with Gasteiger partial charge in [0.05, 0.1) is 25.4 Å². The molecular formula is C17H29NO14. The zero-order valence-corrected chi connectivity index (χ0v) is 17.0. The summed E-state index contributed by atoms with van der Waals surface area (Å²) in [6.07, 6.45) is -16.7. The van der Waals surface area contributed by atoms with E-state index in [0.29, 0.717) is 0 Å². The number of hydrogen-bond donors (Lipinski definition) is 10. The monoisotopic (exact) mass is 471 g/mol. The van der Waals surface area contributed by atoms with Gasteiger partial charge in [-0.3, -0.25) is 4.79 Å². The molecule has 2 rings (SSSR count). The van der Waals surface area contributed by atoms with E-state index in [1.165, 1.54) is 0 Å². The van der Waals surface area contributed by atoms with Gasteiger partial charge in [0.1, 0.15) is 42.7 Å². The first-order valence-electron chi connectivity index (χ1n) is 9.70. The van der Waals surface area contributed by atoms with Crippen molar-refractivity contribution in [2.75, 3.05) is 13.2 Å². The average molecular weight is 471 g/mol. The summed E-state index contributed by atoms with van der Waals surface area (Å²) in [7, 11) is 0. The van der Waals surface area contributed by atoms with E-state index in [4.69, 9.17) is 14.2 Å². The molecule has 32 heavy (non-hydrogen) atoms. The summed E-state index contributed by atoms with van der Waals surface area (Å²) in [5.74, 6) is -5.51. The molecule has 15 nitrogen and oxygen atoms in total. The number of aliphatic carboxylic acids is 1. The summed E-state index contributed by atoms with van der Waals surface area (Å²) in [6, 6.07) is -1.44. The minimum Gasteiger partial charge on any atom is -0.477 e. The smallest absolute Gasteiger partial charge is 0.364 e. The van der Waals surface area contributed by atoms with Gasteiger partial charge < -0.3 is 65.5 Å². The SMILES string of the molecule is CC(=O)N[C@H]1[C@H]([C@H](O)[C@@H](CO)O[C@@H]2O[C@H](CO)[C@H](O)[C@H](O)[C@H]2O)O[C@@](O)(C(=O)O)C[C@@H]1O. The molecule has 0 radical (unpaired) electrons. The van der Waals surface area contributed by atoms with Crippen LogP contribution in [0.2, 0.25) is 0 Å². The van der Waals surface area contributed by atoms with Crippen molar-refractivity contribution in [3.05, 3.63) is 0 Å². The minimum atomic E-state index is -2.94. The molecule has 2 saturated heterocycles. The topological polar surface area (TPSA) is 256 Å². The van der Waals surface area contributed by atoms with Crippen LogP contribution in [0.4, 0.5) is 0 Å². The molecular weight excluding hydrogens is 442 g/mol. The van der Waals surface area contributed by atoms with Crippen molar-refractivity contribution in [1.82, 2.24) is 5.32 Å². The fourth-order valence-corrected chi connectivity index (χ4v) is 3.60. The van der Waals surface area contributed by atoms with Crippen molar-refractivity contribution in [2.45, 2.75) is 80.3 Å². The van der Waals surface area contributed by atoms with Gasteiger partial charge in [0.15, 0.2) is 6.29 Å². The summed E-state index contributed by atoms with van der Waals surface area (Å²) in [6.45, 7) is -0.697. The molecule has 2 heterocycles. The molecule has 15 heteroatoms. The van der Waals surface area contributed by atoms with Crippen molar-refractivity contribution in [3.63, 3.8) is 0 Å². The number of ether oxygens (including phenoxy) is 3. The first kappa shape index (κ1) is 26.7. The number of amides is 1. The average Bonchev–Trinajstić information content (AvgIpc) is 2.72. The molecule has 0 unspecified atom stereocenters. The Kier molecular flexibility index (Phi) is 8.88. The van der Waals surface area contributed by atoms with E-state index in [1.807, 2.05) is 0 Å². The van der Waals surface area contributed by atoms with Crippen LogP contribution in [0.3, 0.4) is 0 Å². The molecule has 2 fully saturated rings. The van der Waals surface area contributed by atoms with E-state index in [1.54, 1.807) is 0 Å². The number of carbonyl (C=O) groups is 2. The molecule has 11 atom stereocenters. The normalized spacial score (nSPS) is 42.2. The third kappa shape index (κ3) is 5.52. The number of carboxylic acids is 1. The molecule has 10 N–H and O–H groups in total. The van der Waals surface area contributed by atoms with Gasteiger partial charge in [-0.05, 0) is 0 Å². The summed E-state index contributed by atoms with van der Waals surface area (Å²) < 4.78 is 15.5. The zero-order chi connectivity index (χ0) is 24.4. The Morgan fingerprint density at radius 3 is 2.28 bits per heavy atom. The second kappa shape index (κ2) is 10.6. The first-order chi connectivity index (χ1) is 14.9. The van der Waals surface area contributed by atoms with Gasteiger partial charge in [0.25, 0.3) is 5.79 Å². The predicted molar refractivity (Wildman–Crippen MR) is 97.4 cm³/mol. The first-order valence-corrected chi connectivity index (χ1v) is 9.70. The Hall–Kier alpha value is -1.50. The molecule has 186 valence electrons. The number of rotatable bonds is 8. The molecule has 0 spiro atoms. The van der Waals surface area contributed by atoms with Gasteiger partial charge in [-0.25, -0.2) is 4.79 Å². The van der Waals surface area contributed by atoms with E-state index in [0.717, 1.165) is 6.92 Å². The maximum atomic E-state index is 11.5. The summed E-state index contributed by atoms with van der Waals surface area (Å²) >= 11 is 0. The second-order valence-electron chi connectivity index (χ2n) is 7.71. The van der Waals surface area contributed by atoms with Crippen molar-refractivity contribution in [2.24, 2.45) is 0 Å². The quantitative estimate of drug-likeness (QED) is 0.158. The van der Waals surface area contributed by atoms with Gasteiger partial charge >= 0.3 is 5.97 Å². The Morgan fingerprint density at radius 2 is 1.78 bits per heavy atom. The highest BCUT2D eigenvalue weighted by Crippen LogP contribution is 2.32. The molecule has 1 amide bonds. The lowest BCUT2D eigenvalue weighted by atomic mass is 9.88. The largest absolute Gasteiger partial charge is 0.477 e. The Labute approximate surface area is 181 Å². The van der Waals surface area contributed by atoms with Crippen LogP contribution in [-0.2, 0) is 23.8 Å². The third-order valence-electron chi connectivity index (χ3n) is 5.34. The third-order valence-corrected chi connectivity index (χ3v) is 5.34. The van der Waals surface area contributed by atoms with Crippen molar-refractivity contribution >= 4 is 11.9 Å². The fraction of sp³-hybridized carbons (Fsp3) is 0.882. The van der Waals surface area contributed by atoms with Crippen LogP contribution >= 0.6 is 0 Å². The van der Waals surface area contributed by atoms with E-state index < -0.39 is 98.5 Å². The highest BCUT2D eigenvalue weighted by Gasteiger charge is 2.55. The number of aliphatic hydroxyl groups excluding tert-OH is 7. The highest BCUT2D eigenvalue weighted by atomic mass is 16.7. The van der Waals surface area contributed by atoms with E-state index in [9.17, 15) is 55.5 Å². The Bertz CT molecular complexity index is 663. The van der Waals surface area contributed by atoms with E-state index in [2.05, 4.69) is 5.32 Å². The summed E-state index contributed by atoms with van der Waals surface area (Å²) in [4.78, 5) is 22.9. The zero-order valence-electron chi connectivity index (χ0n) is 17.0. The second-order valence-corrected chi connectivity index (χ2v) is 7.71. The molecule has 2 aliphatic heterocycles. The molecule has 0 aromatic carbocycles. The van der Waals surface area contributed by atoms with Gasteiger partial charge in [-0.1, -0.05) is 0 Å². The Morgan fingerprint density at radius 1 is 1.16 bits per heavy atom. The molecule has 0 aromatic rings. The lowest BCUT2D eigenvalue weighted by Gasteiger charge is -2.46. The standard InChI is InChI=1S/C17H29NO14/c1-5(21)18-9-6(22)2-17(29,16(27)28)32-14(9)11(24)8(4-20)31-15-13(26)12(25)10(23)7(3-19)30-15/h6-15,19-20,22-26,29H,2-4H2,1H3,(H,18,21)(H,27,28)/t6-,7+,8+,9+,10-,11+,12-,13+,14+,15-,17+/m0/s1. The minimum absolute atomic E-state index is 0.689. The van der Waals surface area contributed by atoms with Crippen LogP contribution in [0.15, 0.2) is 0 Å². The molecule has 0 saturated carbocycles. The van der Waals surface area contributed by atoms with Crippen LogP contribution in [0.5, 0.6) is 0 Å². The van der Waals surface area contributed by atoms with E-state index in [-0.39, 0.29) is 0 Å². The molecule has 0 aromatic heterocycles. The fourth-order valence-electron chi connectivity index (χ4n) is 3.60. The maximum absolute atomic E-state index is 11.5. The van der Waals surface area contributed by atoms with Gasteiger partial charge in [-0.15, -0.1) is 0 Å². The van der Waals surface area contributed by atoms with Crippen LogP contribution < -0.4 is 5.32 Å². The van der Waals surface area contributed by atoms with Crippen molar-refractivity contribution in [1.29, 1.82) is 0 Å². The van der Waals surface area contributed by atoms with E-state index >= 15 is 0 Å². The highest BCUT2D eigenvalue weighted by molar-refractivity contribution is 5.76. The summed E-state index contributed by atoms with van der Waals surface area (Å²) in [5.41, 5.74) is 0. The Balaban J connectivity index is 2.26. The van der Waals surface area contributed by atoms with Crippen LogP contribution in [0.1, 0.15) is 13.3 Å². The van der Waals surface area contributed by atoms with Crippen molar-refractivity contribution in [3.8, 4) is 0 Å². The van der Waals surface area contributed by atoms with Crippen LogP contribution in [-0.4, -0.2) is 138 Å². The maximum Gasteiger partial charge on any atom is 0.364 e. The van der Waals surface area contributed by atoms with Crippen molar-refractivity contribution < 1.29 is 69.8 Å². The lowest BCUT2D eigenvalue weighted by molar-refractivity contribution is -0.332. The molecule has 0 bridgehead atoms. The molecule has 2 aliphatic rings. The van der Waals surface area contributed by atoms with Crippen LogP contribution in [0.25, 0.3) is 0 Å². The molecule has 0 aliphatic carbocycles. The number of carbonyl (C=O) groups excluding carboxylic acids is 1. The number of carboxylic acid groups (broad SMARTS) is 1. The number of aliphatic hydroxyl groups is 8. The van der Waals surface area contributed by atoms with Gasteiger partial charge in [0, 0.05) is 13.3 Å². The number of nitrogens with one attached hydrogen (secondary N) is 1.